The Morgan fingerprint density at radius 1 is 1.11 bits per heavy atom. The van der Waals surface area contributed by atoms with Gasteiger partial charge >= 0.3 is 0 Å². The molecule has 1 fully saturated rings. The van der Waals surface area contributed by atoms with Gasteiger partial charge in [-0.1, -0.05) is 50.2 Å². The van der Waals surface area contributed by atoms with Crippen LogP contribution in [0.1, 0.15) is 42.6 Å². The topological polar surface area (TPSA) is 41.6 Å². The van der Waals surface area contributed by atoms with Crippen LogP contribution in [0.5, 0.6) is 5.75 Å². The standard InChI is InChI=1S/C23H30N2O2/c1-18(2)16-25-13-11-21(12-14-25)24-23(26)20-9-6-10-22(15-20)27-17-19-7-4-3-5-8-19/h3-10,15,18,21H,11-14,16-17H2,1-2H3,(H,24,26). The molecule has 0 unspecified atom stereocenters. The molecule has 4 heteroatoms. The molecule has 27 heavy (non-hydrogen) atoms. The molecule has 0 aliphatic carbocycles. The Kier molecular flexibility index (Phi) is 6.88. The largest absolute Gasteiger partial charge is 0.489 e. The van der Waals surface area contributed by atoms with E-state index in [9.17, 15) is 4.79 Å². The molecule has 0 bridgehead atoms. The van der Waals surface area contributed by atoms with Crippen LogP contribution in [0.25, 0.3) is 0 Å². The van der Waals surface area contributed by atoms with Gasteiger partial charge < -0.3 is 15.0 Å². The van der Waals surface area contributed by atoms with Crippen molar-refractivity contribution in [1.29, 1.82) is 0 Å². The quantitative estimate of drug-likeness (QED) is 0.802. The monoisotopic (exact) mass is 366 g/mol. The van der Waals surface area contributed by atoms with Crippen LogP contribution in [0.2, 0.25) is 0 Å². The van der Waals surface area contributed by atoms with E-state index in [1.807, 2.05) is 54.6 Å². The van der Waals surface area contributed by atoms with Crippen molar-refractivity contribution in [2.45, 2.75) is 39.3 Å². The Morgan fingerprint density at radius 3 is 2.56 bits per heavy atom. The van der Waals surface area contributed by atoms with E-state index in [1.165, 1.54) is 0 Å². The summed E-state index contributed by atoms with van der Waals surface area (Å²) in [6, 6.07) is 17.7. The molecule has 0 spiro atoms. The number of carbonyl (C=O) groups is 1. The van der Waals surface area contributed by atoms with Crippen molar-refractivity contribution in [2.75, 3.05) is 19.6 Å². The number of piperidine rings is 1. The summed E-state index contributed by atoms with van der Waals surface area (Å²) >= 11 is 0. The van der Waals surface area contributed by atoms with Gasteiger partial charge in [-0.15, -0.1) is 0 Å². The maximum atomic E-state index is 12.6. The highest BCUT2D eigenvalue weighted by atomic mass is 16.5. The molecule has 1 aliphatic rings. The molecule has 1 N–H and O–H groups in total. The number of hydrogen-bond acceptors (Lipinski definition) is 3. The van der Waals surface area contributed by atoms with Crippen LogP contribution in [0.4, 0.5) is 0 Å². The van der Waals surface area contributed by atoms with E-state index in [0.29, 0.717) is 18.1 Å². The van der Waals surface area contributed by atoms with Crippen LogP contribution in [0, 0.1) is 5.92 Å². The van der Waals surface area contributed by atoms with Crippen LogP contribution in [0.15, 0.2) is 54.6 Å². The van der Waals surface area contributed by atoms with Gasteiger partial charge in [-0.05, 0) is 42.5 Å². The lowest BCUT2D eigenvalue weighted by atomic mass is 10.0. The van der Waals surface area contributed by atoms with E-state index in [4.69, 9.17) is 4.74 Å². The molecule has 1 aliphatic heterocycles. The van der Waals surface area contributed by atoms with Crippen LogP contribution < -0.4 is 10.1 Å². The Hall–Kier alpha value is -2.33. The molecule has 0 saturated carbocycles. The van der Waals surface area contributed by atoms with Gasteiger partial charge in [0.25, 0.3) is 5.91 Å². The van der Waals surface area contributed by atoms with Gasteiger partial charge in [-0.2, -0.15) is 0 Å². The zero-order valence-electron chi connectivity index (χ0n) is 16.4. The van der Waals surface area contributed by atoms with Crippen LogP contribution in [-0.4, -0.2) is 36.5 Å². The third kappa shape index (κ3) is 6.10. The first-order valence-electron chi connectivity index (χ1n) is 9.90. The fraction of sp³-hybridized carbons (Fsp3) is 0.435. The third-order valence-electron chi connectivity index (χ3n) is 4.89. The van der Waals surface area contributed by atoms with Crippen LogP contribution >= 0.6 is 0 Å². The zero-order valence-corrected chi connectivity index (χ0v) is 16.4. The molecule has 0 atom stereocenters. The van der Waals surface area contributed by atoms with Gasteiger partial charge in [-0.25, -0.2) is 0 Å². The number of nitrogens with zero attached hydrogens (tertiary/aromatic N) is 1. The second-order valence-electron chi connectivity index (χ2n) is 7.74. The Labute approximate surface area is 162 Å². The van der Waals surface area contributed by atoms with E-state index in [2.05, 4.69) is 24.1 Å². The molecule has 4 nitrogen and oxygen atoms in total. The summed E-state index contributed by atoms with van der Waals surface area (Å²) in [5.41, 5.74) is 1.77. The van der Waals surface area contributed by atoms with Gasteiger partial charge in [-0.3, -0.25) is 4.79 Å². The van der Waals surface area contributed by atoms with E-state index in [0.717, 1.165) is 43.8 Å². The predicted molar refractivity (Wildman–Crippen MR) is 109 cm³/mol. The minimum atomic E-state index is -0.0116. The van der Waals surface area contributed by atoms with Crippen LogP contribution in [0.3, 0.4) is 0 Å². The molecular formula is C23H30N2O2. The number of ether oxygens (including phenoxy) is 1. The lowest BCUT2D eigenvalue weighted by Crippen LogP contribution is -2.45. The zero-order chi connectivity index (χ0) is 19.1. The SMILES string of the molecule is CC(C)CN1CCC(NC(=O)c2cccc(OCc3ccccc3)c2)CC1. The Balaban J connectivity index is 1.50. The summed E-state index contributed by atoms with van der Waals surface area (Å²) in [6.07, 6.45) is 2.03. The van der Waals surface area contributed by atoms with Gasteiger partial charge in [0.2, 0.25) is 0 Å². The average Bonchev–Trinajstić information content (AvgIpc) is 2.68. The van der Waals surface area contributed by atoms with Gasteiger partial charge in [0, 0.05) is 31.2 Å². The highest BCUT2D eigenvalue weighted by Crippen LogP contribution is 2.17. The maximum Gasteiger partial charge on any atom is 0.251 e. The lowest BCUT2D eigenvalue weighted by molar-refractivity contribution is 0.0907. The Morgan fingerprint density at radius 2 is 1.85 bits per heavy atom. The molecule has 0 radical (unpaired) electrons. The predicted octanol–water partition coefficient (Wildman–Crippen LogP) is 4.12. The molecule has 1 amide bonds. The normalized spacial score (nSPS) is 15.7. The molecule has 144 valence electrons. The second kappa shape index (κ2) is 9.56. The van der Waals surface area contributed by atoms with Crippen LogP contribution in [-0.2, 0) is 6.61 Å². The number of benzene rings is 2. The number of likely N-dealkylation sites (tertiary alicyclic amines) is 1. The van der Waals surface area contributed by atoms with Crippen molar-refractivity contribution in [3.05, 3.63) is 65.7 Å². The summed E-state index contributed by atoms with van der Waals surface area (Å²) in [5, 5.41) is 3.19. The van der Waals surface area contributed by atoms with E-state index < -0.39 is 0 Å². The van der Waals surface area contributed by atoms with Crippen molar-refractivity contribution in [3.8, 4) is 5.75 Å². The molecule has 1 heterocycles. The number of amides is 1. The summed E-state index contributed by atoms with van der Waals surface area (Å²) < 4.78 is 5.84. The highest BCUT2D eigenvalue weighted by Gasteiger charge is 2.21. The van der Waals surface area contributed by atoms with Gasteiger partial charge in [0.05, 0.1) is 0 Å². The molecule has 0 aromatic heterocycles. The highest BCUT2D eigenvalue weighted by molar-refractivity contribution is 5.94. The first-order chi connectivity index (χ1) is 13.1. The fourth-order valence-corrected chi connectivity index (χ4v) is 3.51. The molecule has 3 rings (SSSR count). The van der Waals surface area contributed by atoms with Crippen molar-refractivity contribution in [3.63, 3.8) is 0 Å². The molecular weight excluding hydrogens is 336 g/mol. The number of carbonyl (C=O) groups excluding carboxylic acids is 1. The molecule has 2 aromatic carbocycles. The Bertz CT molecular complexity index is 722. The summed E-state index contributed by atoms with van der Waals surface area (Å²) in [6.45, 7) is 8.26. The number of nitrogens with one attached hydrogen (secondary N) is 1. The van der Waals surface area contributed by atoms with Gasteiger partial charge in [0.15, 0.2) is 0 Å². The summed E-state index contributed by atoms with van der Waals surface area (Å²) in [7, 11) is 0. The first kappa shape index (κ1) is 19.4. The first-order valence-corrected chi connectivity index (χ1v) is 9.90. The van der Waals surface area contributed by atoms with Gasteiger partial charge in [0.1, 0.15) is 12.4 Å². The average molecular weight is 367 g/mol. The van der Waals surface area contributed by atoms with Crippen molar-refractivity contribution in [1.82, 2.24) is 10.2 Å². The summed E-state index contributed by atoms with van der Waals surface area (Å²) in [4.78, 5) is 15.1. The maximum absolute atomic E-state index is 12.6. The summed E-state index contributed by atoms with van der Waals surface area (Å²) in [5.74, 6) is 1.40. The lowest BCUT2D eigenvalue weighted by Gasteiger charge is -2.33. The smallest absolute Gasteiger partial charge is 0.251 e. The number of hydrogen-bond donors (Lipinski definition) is 1. The number of rotatable bonds is 7. The molecule has 2 aromatic rings. The third-order valence-corrected chi connectivity index (χ3v) is 4.89. The van der Waals surface area contributed by atoms with Crippen molar-refractivity contribution in [2.24, 2.45) is 5.92 Å². The van der Waals surface area contributed by atoms with E-state index in [-0.39, 0.29) is 11.9 Å². The van der Waals surface area contributed by atoms with Crippen molar-refractivity contribution >= 4 is 5.91 Å². The van der Waals surface area contributed by atoms with E-state index >= 15 is 0 Å². The molecule has 1 saturated heterocycles. The van der Waals surface area contributed by atoms with Crippen molar-refractivity contribution < 1.29 is 9.53 Å². The fourth-order valence-electron chi connectivity index (χ4n) is 3.51. The second-order valence-corrected chi connectivity index (χ2v) is 7.74. The minimum absolute atomic E-state index is 0.0116. The minimum Gasteiger partial charge on any atom is -0.489 e. The van der Waals surface area contributed by atoms with E-state index in [1.54, 1.807) is 0 Å².